The molecule has 0 bridgehead atoms. The number of rotatable bonds is 6. The minimum absolute atomic E-state index is 0.546. The van der Waals surface area contributed by atoms with Crippen LogP contribution >= 0.6 is 11.3 Å². The van der Waals surface area contributed by atoms with Crippen LogP contribution in [0.25, 0.3) is 0 Å². The van der Waals surface area contributed by atoms with Gasteiger partial charge in [-0.2, -0.15) is 0 Å². The Bertz CT molecular complexity index is 646. The molecule has 5 heteroatoms. The van der Waals surface area contributed by atoms with Crippen LogP contribution in [0.2, 0.25) is 0 Å². The summed E-state index contributed by atoms with van der Waals surface area (Å²) in [6.07, 6.45) is 6.71. The minimum Gasteiger partial charge on any atom is -0.381 e. The topological polar surface area (TPSA) is 30.3 Å². The molecule has 1 atom stereocenters. The molecular formula is C18H25N3OS. The van der Waals surface area contributed by atoms with Crippen LogP contribution in [0, 0.1) is 18.8 Å². The number of thiophene rings is 1. The number of aromatic nitrogens is 2. The van der Waals surface area contributed by atoms with Crippen molar-refractivity contribution in [3.05, 3.63) is 40.1 Å². The van der Waals surface area contributed by atoms with Crippen molar-refractivity contribution in [1.29, 1.82) is 0 Å². The van der Waals surface area contributed by atoms with Crippen LogP contribution in [-0.4, -0.2) is 34.2 Å². The summed E-state index contributed by atoms with van der Waals surface area (Å²) in [7, 11) is 0. The van der Waals surface area contributed by atoms with Crippen molar-refractivity contribution in [2.45, 2.75) is 39.4 Å². The van der Waals surface area contributed by atoms with Crippen molar-refractivity contribution in [1.82, 2.24) is 14.5 Å². The van der Waals surface area contributed by atoms with Gasteiger partial charge in [-0.05, 0) is 42.7 Å². The molecule has 1 aliphatic heterocycles. The molecule has 1 aliphatic carbocycles. The van der Waals surface area contributed by atoms with Crippen molar-refractivity contribution in [3.63, 3.8) is 0 Å². The van der Waals surface area contributed by atoms with Gasteiger partial charge in [-0.3, -0.25) is 4.90 Å². The standard InChI is InChI=1S/C18H25N3OS/c1-14-4-5-23-18(14)10-20-7-16(12-22-11-15-2-3-15)8-21-13-19-6-17(21)9-20/h4-6,13,15-16H,2-3,7-12H2,1H3. The molecule has 2 aromatic heterocycles. The van der Waals surface area contributed by atoms with Gasteiger partial charge in [0.1, 0.15) is 0 Å². The summed E-state index contributed by atoms with van der Waals surface area (Å²) in [6, 6.07) is 2.22. The Kier molecular flexibility index (Phi) is 4.51. The molecule has 0 amide bonds. The van der Waals surface area contributed by atoms with E-state index in [4.69, 9.17) is 4.74 Å². The Morgan fingerprint density at radius 2 is 2.13 bits per heavy atom. The zero-order valence-electron chi connectivity index (χ0n) is 13.8. The van der Waals surface area contributed by atoms with Crippen molar-refractivity contribution in [3.8, 4) is 0 Å². The molecule has 0 spiro atoms. The van der Waals surface area contributed by atoms with Gasteiger partial charge in [0.2, 0.25) is 0 Å². The average molecular weight is 331 g/mol. The molecule has 1 unspecified atom stereocenters. The van der Waals surface area contributed by atoms with Gasteiger partial charge in [0.25, 0.3) is 0 Å². The number of aryl methyl sites for hydroxylation is 1. The van der Waals surface area contributed by atoms with Gasteiger partial charge in [-0.15, -0.1) is 11.3 Å². The molecule has 1 fully saturated rings. The van der Waals surface area contributed by atoms with E-state index < -0.39 is 0 Å². The maximum absolute atomic E-state index is 5.99. The first-order valence-corrected chi connectivity index (χ1v) is 9.48. The van der Waals surface area contributed by atoms with Crippen LogP contribution in [0.15, 0.2) is 24.0 Å². The lowest BCUT2D eigenvalue weighted by Gasteiger charge is -2.23. The Hall–Kier alpha value is -1.17. The first-order chi connectivity index (χ1) is 11.3. The van der Waals surface area contributed by atoms with E-state index in [0.29, 0.717) is 5.92 Å². The van der Waals surface area contributed by atoms with Crippen molar-refractivity contribution in [2.75, 3.05) is 19.8 Å². The molecule has 4 nitrogen and oxygen atoms in total. The fourth-order valence-corrected chi connectivity index (χ4v) is 4.27. The van der Waals surface area contributed by atoms with Gasteiger partial charge >= 0.3 is 0 Å². The molecule has 0 N–H and O–H groups in total. The van der Waals surface area contributed by atoms with Crippen LogP contribution < -0.4 is 0 Å². The van der Waals surface area contributed by atoms with Gasteiger partial charge in [-0.1, -0.05) is 0 Å². The smallest absolute Gasteiger partial charge is 0.0948 e. The molecule has 4 rings (SSSR count). The molecule has 0 saturated heterocycles. The highest BCUT2D eigenvalue weighted by atomic mass is 32.1. The second-order valence-corrected chi connectivity index (χ2v) is 8.08. The van der Waals surface area contributed by atoms with Gasteiger partial charge in [0, 0.05) is 49.8 Å². The molecule has 1 saturated carbocycles. The Morgan fingerprint density at radius 3 is 2.91 bits per heavy atom. The average Bonchev–Trinajstić information content (AvgIpc) is 3.17. The predicted molar refractivity (Wildman–Crippen MR) is 92.4 cm³/mol. The van der Waals surface area contributed by atoms with E-state index in [9.17, 15) is 0 Å². The SMILES string of the molecule is Cc1ccsc1CN1Cc2cncn2CC(COCC2CC2)C1. The van der Waals surface area contributed by atoms with Crippen molar-refractivity contribution >= 4 is 11.3 Å². The van der Waals surface area contributed by atoms with E-state index in [1.807, 2.05) is 23.9 Å². The number of hydrogen-bond acceptors (Lipinski definition) is 4. The van der Waals surface area contributed by atoms with Gasteiger partial charge in [0.05, 0.1) is 18.6 Å². The minimum atomic E-state index is 0.546. The molecule has 2 aliphatic rings. The second-order valence-electron chi connectivity index (χ2n) is 7.08. The molecule has 23 heavy (non-hydrogen) atoms. The van der Waals surface area contributed by atoms with E-state index in [1.54, 1.807) is 0 Å². The van der Waals surface area contributed by atoms with Crippen molar-refractivity contribution in [2.24, 2.45) is 11.8 Å². The quantitative estimate of drug-likeness (QED) is 0.813. The maximum atomic E-state index is 5.99. The third-order valence-electron chi connectivity index (χ3n) is 4.89. The Labute approximate surface area is 142 Å². The van der Waals surface area contributed by atoms with Crippen LogP contribution in [0.3, 0.4) is 0 Å². The predicted octanol–water partition coefficient (Wildman–Crippen LogP) is 3.31. The highest BCUT2D eigenvalue weighted by molar-refractivity contribution is 7.10. The summed E-state index contributed by atoms with van der Waals surface area (Å²) < 4.78 is 8.31. The number of fused-ring (bicyclic) bond motifs is 1. The van der Waals surface area contributed by atoms with Crippen molar-refractivity contribution < 1.29 is 4.74 Å². The van der Waals surface area contributed by atoms with E-state index in [0.717, 1.165) is 45.3 Å². The van der Waals surface area contributed by atoms with Crippen LogP contribution in [0.4, 0.5) is 0 Å². The molecule has 3 heterocycles. The third kappa shape index (κ3) is 3.84. The molecule has 124 valence electrons. The summed E-state index contributed by atoms with van der Waals surface area (Å²) in [4.78, 5) is 8.39. The maximum Gasteiger partial charge on any atom is 0.0948 e. The van der Waals surface area contributed by atoms with Crippen LogP contribution in [0.5, 0.6) is 0 Å². The number of ether oxygens (including phenoxy) is 1. The Balaban J connectivity index is 1.43. The first-order valence-electron chi connectivity index (χ1n) is 8.60. The van der Waals surface area contributed by atoms with E-state index in [-0.39, 0.29) is 0 Å². The second kappa shape index (κ2) is 6.75. The summed E-state index contributed by atoms with van der Waals surface area (Å²) in [6.45, 7) is 8.18. The molecule has 0 radical (unpaired) electrons. The molecular weight excluding hydrogens is 306 g/mol. The molecule has 0 aromatic carbocycles. The van der Waals surface area contributed by atoms with E-state index >= 15 is 0 Å². The number of hydrogen-bond donors (Lipinski definition) is 0. The fourth-order valence-electron chi connectivity index (χ4n) is 3.32. The summed E-state index contributed by atoms with van der Waals surface area (Å²) in [5, 5.41) is 2.20. The summed E-state index contributed by atoms with van der Waals surface area (Å²) >= 11 is 1.87. The summed E-state index contributed by atoms with van der Waals surface area (Å²) in [5.41, 5.74) is 2.73. The highest BCUT2D eigenvalue weighted by Crippen LogP contribution is 2.29. The van der Waals surface area contributed by atoms with Crippen LogP contribution in [0.1, 0.15) is 29.0 Å². The lowest BCUT2D eigenvalue weighted by molar-refractivity contribution is 0.0706. The highest BCUT2D eigenvalue weighted by Gasteiger charge is 2.25. The zero-order valence-corrected chi connectivity index (χ0v) is 14.6. The van der Waals surface area contributed by atoms with E-state index in [1.165, 1.54) is 29.0 Å². The van der Waals surface area contributed by atoms with Gasteiger partial charge in [0.15, 0.2) is 0 Å². The van der Waals surface area contributed by atoms with Crippen LogP contribution in [-0.2, 0) is 24.4 Å². The monoisotopic (exact) mass is 331 g/mol. The largest absolute Gasteiger partial charge is 0.381 e. The summed E-state index contributed by atoms with van der Waals surface area (Å²) in [5.74, 6) is 1.39. The number of imidazole rings is 1. The van der Waals surface area contributed by atoms with Gasteiger partial charge in [-0.25, -0.2) is 4.98 Å². The molecule has 2 aromatic rings. The zero-order chi connectivity index (χ0) is 15.6. The number of nitrogens with zero attached hydrogens (tertiary/aromatic N) is 3. The third-order valence-corrected chi connectivity index (χ3v) is 5.90. The fraction of sp³-hybridized carbons (Fsp3) is 0.611. The normalized spacial score (nSPS) is 22.0. The lowest BCUT2D eigenvalue weighted by Crippen LogP contribution is -2.30. The van der Waals surface area contributed by atoms with Gasteiger partial charge < -0.3 is 9.30 Å². The first kappa shape index (κ1) is 15.4. The Morgan fingerprint density at radius 1 is 1.26 bits per heavy atom. The lowest BCUT2D eigenvalue weighted by atomic mass is 10.1. The van der Waals surface area contributed by atoms with E-state index in [2.05, 4.69) is 32.8 Å².